The summed E-state index contributed by atoms with van der Waals surface area (Å²) in [6.45, 7) is 3.30. The molecule has 0 radical (unpaired) electrons. The number of hydrogen-bond acceptors (Lipinski definition) is 4. The van der Waals surface area contributed by atoms with Crippen molar-refractivity contribution in [2.45, 2.75) is 20.4 Å². The van der Waals surface area contributed by atoms with Crippen molar-refractivity contribution in [1.82, 2.24) is 9.13 Å². The van der Waals surface area contributed by atoms with E-state index in [0.717, 1.165) is 16.7 Å². The van der Waals surface area contributed by atoms with Crippen molar-refractivity contribution in [3.8, 4) is 22.6 Å². The molecule has 4 rings (SSSR count). The van der Waals surface area contributed by atoms with Crippen LogP contribution < -0.4 is 16.1 Å². The molecule has 0 aliphatic carbocycles. The summed E-state index contributed by atoms with van der Waals surface area (Å²) in [5.74, 6) is -0.0338. The fourth-order valence-electron chi connectivity index (χ4n) is 3.47. The summed E-state index contributed by atoms with van der Waals surface area (Å²) in [7, 11) is 0. The van der Waals surface area contributed by atoms with Crippen molar-refractivity contribution in [2.75, 3.05) is 6.86 Å². The van der Waals surface area contributed by atoms with Gasteiger partial charge in [0.2, 0.25) is 6.86 Å². The molecule has 2 aromatic heterocycles. The first-order valence-corrected chi connectivity index (χ1v) is 9.18. The molecule has 7 heteroatoms. The average molecular weight is 394 g/mol. The molecule has 6 nitrogen and oxygen atoms in total. The maximum atomic E-state index is 12.6. The summed E-state index contributed by atoms with van der Waals surface area (Å²) in [6.07, 6.45) is 1.72. The molecule has 2 heterocycles. The Morgan fingerprint density at radius 2 is 1.83 bits per heavy atom. The zero-order chi connectivity index (χ0) is 20.5. The molecule has 0 aliphatic heterocycles. The van der Waals surface area contributed by atoms with Gasteiger partial charge in [0, 0.05) is 35.6 Å². The molecule has 0 fully saturated rings. The van der Waals surface area contributed by atoms with Gasteiger partial charge in [0.05, 0.1) is 5.52 Å². The molecule has 0 saturated heterocycles. The molecular formula is C22H19FN2O4. The van der Waals surface area contributed by atoms with E-state index >= 15 is 0 Å². The molecule has 0 atom stereocenters. The number of aromatic nitrogens is 2. The van der Waals surface area contributed by atoms with Crippen molar-refractivity contribution >= 4 is 11.1 Å². The monoisotopic (exact) mass is 394 g/mol. The zero-order valence-electron chi connectivity index (χ0n) is 16.0. The van der Waals surface area contributed by atoms with Crippen LogP contribution in [0.15, 0.2) is 68.7 Å². The highest BCUT2D eigenvalue weighted by Gasteiger charge is 2.16. The van der Waals surface area contributed by atoms with Gasteiger partial charge in [-0.25, -0.2) is 9.18 Å². The van der Waals surface area contributed by atoms with Crippen LogP contribution in [0.1, 0.15) is 12.5 Å². The number of ether oxygens (including phenoxy) is 1. The highest BCUT2D eigenvalue weighted by molar-refractivity contribution is 5.91. The minimum atomic E-state index is -0.916. The van der Waals surface area contributed by atoms with Crippen molar-refractivity contribution in [1.29, 1.82) is 0 Å². The van der Waals surface area contributed by atoms with Crippen molar-refractivity contribution in [3.05, 3.63) is 81.2 Å². The van der Waals surface area contributed by atoms with Crippen molar-refractivity contribution in [2.24, 2.45) is 0 Å². The van der Waals surface area contributed by atoms with E-state index in [4.69, 9.17) is 9.15 Å². The number of para-hydroxylation sites is 1. The summed E-state index contributed by atoms with van der Waals surface area (Å²) < 4.78 is 25.7. The molecule has 4 aromatic rings. The second kappa shape index (κ2) is 7.43. The minimum Gasteiger partial charge on any atom is -0.463 e. The lowest BCUT2D eigenvalue weighted by Gasteiger charge is -2.12. The predicted molar refractivity (Wildman–Crippen MR) is 109 cm³/mol. The smallest absolute Gasteiger partial charge is 0.419 e. The van der Waals surface area contributed by atoms with Crippen LogP contribution in [0.5, 0.6) is 5.75 Å². The second-order valence-electron chi connectivity index (χ2n) is 6.59. The highest BCUT2D eigenvalue weighted by atomic mass is 19.1. The van der Waals surface area contributed by atoms with E-state index in [1.807, 2.05) is 32.0 Å². The Kier molecular flexibility index (Phi) is 4.80. The molecule has 29 heavy (non-hydrogen) atoms. The summed E-state index contributed by atoms with van der Waals surface area (Å²) in [5.41, 5.74) is 3.88. The summed E-state index contributed by atoms with van der Waals surface area (Å²) in [6, 6.07) is 13.7. The van der Waals surface area contributed by atoms with Gasteiger partial charge in [-0.2, -0.15) is 0 Å². The van der Waals surface area contributed by atoms with Gasteiger partial charge in [0.15, 0.2) is 5.58 Å². The average Bonchev–Trinajstić information content (AvgIpc) is 3.04. The summed E-state index contributed by atoms with van der Waals surface area (Å²) >= 11 is 0. The molecular weight excluding hydrogens is 375 g/mol. The summed E-state index contributed by atoms with van der Waals surface area (Å²) in [5, 5.41) is 0. The van der Waals surface area contributed by atoms with E-state index in [0.29, 0.717) is 29.1 Å². The number of fused-ring (bicyclic) bond motifs is 1. The first-order valence-electron chi connectivity index (χ1n) is 9.18. The number of aryl methyl sites for hydroxylation is 2. The van der Waals surface area contributed by atoms with Gasteiger partial charge in [-0.15, -0.1) is 0 Å². The Bertz CT molecular complexity index is 1300. The molecule has 2 aromatic carbocycles. The van der Waals surface area contributed by atoms with Gasteiger partial charge in [0.1, 0.15) is 5.75 Å². The van der Waals surface area contributed by atoms with Gasteiger partial charge >= 0.3 is 5.76 Å². The molecule has 0 saturated carbocycles. The molecule has 0 N–H and O–H groups in total. The Hall–Kier alpha value is -3.61. The molecule has 0 aliphatic rings. The number of rotatable bonds is 5. The molecule has 0 spiro atoms. The van der Waals surface area contributed by atoms with Gasteiger partial charge in [-0.3, -0.25) is 13.9 Å². The summed E-state index contributed by atoms with van der Waals surface area (Å²) in [4.78, 5) is 24.8. The first-order chi connectivity index (χ1) is 14.0. The molecule has 0 unspecified atom stereocenters. The number of hydrogen-bond donors (Lipinski definition) is 0. The third-order valence-electron chi connectivity index (χ3n) is 4.90. The van der Waals surface area contributed by atoms with Crippen LogP contribution in [0.4, 0.5) is 4.39 Å². The number of benzene rings is 2. The molecule has 0 bridgehead atoms. The molecule has 0 amide bonds. The lowest BCUT2D eigenvalue weighted by Crippen LogP contribution is -2.17. The van der Waals surface area contributed by atoms with E-state index in [-0.39, 0.29) is 5.56 Å². The van der Waals surface area contributed by atoms with Gasteiger partial charge in [-0.05, 0) is 49.7 Å². The largest absolute Gasteiger partial charge is 0.463 e. The lowest BCUT2D eigenvalue weighted by molar-refractivity contribution is 0.192. The predicted octanol–water partition coefficient (Wildman–Crippen LogP) is 4.05. The number of oxazole rings is 1. The SMILES string of the molecule is CCn1c(=O)oc2c(-c3cn(-c4ccc(OCF)cc4)c(=O)cc3C)cccc21. The maximum Gasteiger partial charge on any atom is 0.419 e. The van der Waals surface area contributed by atoms with E-state index in [1.165, 1.54) is 10.6 Å². The zero-order valence-corrected chi connectivity index (χ0v) is 16.0. The van der Waals surface area contributed by atoms with E-state index in [1.54, 1.807) is 35.0 Å². The Morgan fingerprint density at radius 1 is 1.07 bits per heavy atom. The van der Waals surface area contributed by atoms with Gasteiger partial charge < -0.3 is 9.15 Å². The van der Waals surface area contributed by atoms with Crippen molar-refractivity contribution < 1.29 is 13.5 Å². The van der Waals surface area contributed by atoms with Crippen LogP contribution in [0.2, 0.25) is 0 Å². The van der Waals surface area contributed by atoms with E-state index < -0.39 is 12.6 Å². The fraction of sp³-hybridized carbons (Fsp3) is 0.182. The van der Waals surface area contributed by atoms with Crippen LogP contribution >= 0.6 is 0 Å². The topological polar surface area (TPSA) is 66.4 Å². The quantitative estimate of drug-likeness (QED) is 0.512. The standard InChI is InChI=1S/C22H19FN2O4/c1-3-24-19-6-4-5-17(21(19)29-22(24)27)18-12-25(20(26)11-14(18)2)15-7-9-16(10-8-15)28-13-23/h4-12H,3,13H2,1-2H3. The normalized spacial score (nSPS) is 11.1. The second-order valence-corrected chi connectivity index (χ2v) is 6.59. The maximum absolute atomic E-state index is 12.6. The molecule has 148 valence electrons. The van der Waals surface area contributed by atoms with Crippen LogP contribution in [0.25, 0.3) is 27.9 Å². The van der Waals surface area contributed by atoms with Crippen LogP contribution in [0.3, 0.4) is 0 Å². The Balaban J connectivity index is 1.90. The third kappa shape index (κ3) is 3.24. The minimum absolute atomic E-state index is 0.204. The van der Waals surface area contributed by atoms with E-state index in [9.17, 15) is 14.0 Å². The Labute approximate surface area is 165 Å². The first kappa shape index (κ1) is 18.7. The number of nitrogens with zero attached hydrogens (tertiary/aromatic N) is 2. The Morgan fingerprint density at radius 3 is 2.52 bits per heavy atom. The van der Waals surface area contributed by atoms with Crippen LogP contribution in [0, 0.1) is 6.92 Å². The van der Waals surface area contributed by atoms with E-state index in [2.05, 4.69) is 0 Å². The lowest BCUT2D eigenvalue weighted by atomic mass is 10.0. The number of halogens is 1. The van der Waals surface area contributed by atoms with Gasteiger partial charge in [-0.1, -0.05) is 12.1 Å². The number of alkyl halides is 1. The van der Waals surface area contributed by atoms with Crippen LogP contribution in [-0.2, 0) is 6.54 Å². The van der Waals surface area contributed by atoms with Crippen LogP contribution in [-0.4, -0.2) is 16.0 Å². The number of pyridine rings is 1. The fourth-order valence-corrected chi connectivity index (χ4v) is 3.47. The van der Waals surface area contributed by atoms with Crippen molar-refractivity contribution in [3.63, 3.8) is 0 Å². The van der Waals surface area contributed by atoms with Gasteiger partial charge in [0.25, 0.3) is 5.56 Å². The third-order valence-corrected chi connectivity index (χ3v) is 4.90. The highest BCUT2D eigenvalue weighted by Crippen LogP contribution is 2.30.